The number of carbonyl (C=O) groups is 1. The van der Waals surface area contributed by atoms with Crippen LogP contribution in [0.3, 0.4) is 0 Å². The van der Waals surface area contributed by atoms with Crippen molar-refractivity contribution < 1.29 is 27.2 Å². The second kappa shape index (κ2) is 7.56. The number of sulfonamides is 1. The number of rotatable bonds is 6. The molecule has 1 heterocycles. The number of hydrogen-bond donors (Lipinski definition) is 2. The zero-order valence-corrected chi connectivity index (χ0v) is 15.9. The van der Waals surface area contributed by atoms with Gasteiger partial charge < -0.3 is 9.63 Å². The second-order valence-corrected chi connectivity index (χ2v) is 7.73. The minimum absolute atomic E-state index is 0.0578. The Bertz CT molecular complexity index is 1160. The molecule has 2 N–H and O–H groups in total. The number of carboxylic acid groups (broad SMARTS) is 1. The van der Waals surface area contributed by atoms with Crippen LogP contribution in [-0.4, -0.2) is 29.6 Å². The van der Waals surface area contributed by atoms with E-state index in [4.69, 9.17) is 21.2 Å². The monoisotopic (exact) mass is 425 g/mol. The van der Waals surface area contributed by atoms with Gasteiger partial charge in [0.15, 0.2) is 5.82 Å². The van der Waals surface area contributed by atoms with Crippen LogP contribution in [0, 0.1) is 5.82 Å². The maximum Gasteiger partial charge on any atom is 0.338 e. The summed E-state index contributed by atoms with van der Waals surface area (Å²) in [5.41, 5.74) is -0.440. The van der Waals surface area contributed by atoms with Crippen molar-refractivity contribution in [2.75, 3.05) is 4.72 Å². The first-order chi connectivity index (χ1) is 13.2. The van der Waals surface area contributed by atoms with E-state index in [-0.39, 0.29) is 17.1 Å². The number of nitrogens with zero attached hydrogens (tertiary/aromatic N) is 2. The Balaban J connectivity index is 2.04. The zero-order chi connectivity index (χ0) is 20.5. The molecule has 3 aromatic rings. The molecule has 0 saturated heterocycles. The molecule has 0 spiro atoms. The van der Waals surface area contributed by atoms with Gasteiger partial charge in [-0.1, -0.05) is 23.7 Å². The summed E-state index contributed by atoms with van der Waals surface area (Å²) in [7, 11) is -4.24. The lowest BCUT2D eigenvalue weighted by Gasteiger charge is -2.12. The molecule has 0 aliphatic heterocycles. The first-order valence-corrected chi connectivity index (χ1v) is 9.75. The average molecular weight is 426 g/mol. The number of aromatic carboxylic acids is 1. The fourth-order valence-electron chi connectivity index (χ4n) is 2.33. The van der Waals surface area contributed by atoms with Gasteiger partial charge in [-0.3, -0.25) is 4.72 Å². The van der Waals surface area contributed by atoms with Crippen molar-refractivity contribution in [2.45, 2.75) is 18.2 Å². The summed E-state index contributed by atoms with van der Waals surface area (Å²) < 4.78 is 46.4. The van der Waals surface area contributed by atoms with E-state index in [1.165, 1.54) is 18.2 Å². The molecule has 28 heavy (non-hydrogen) atoms. The molecule has 2 aromatic carbocycles. The maximum atomic E-state index is 13.6. The SMILES string of the molecule is CCc1noc(-c2cc(Cl)ccc2NS(=O)(=O)c2ccc(F)c(C(=O)O)c2)n1. The summed E-state index contributed by atoms with van der Waals surface area (Å²) in [5.74, 6) is -2.15. The van der Waals surface area contributed by atoms with Gasteiger partial charge in [0, 0.05) is 11.4 Å². The van der Waals surface area contributed by atoms with E-state index < -0.39 is 32.3 Å². The number of benzene rings is 2. The molecule has 8 nitrogen and oxygen atoms in total. The molecule has 0 radical (unpaired) electrons. The van der Waals surface area contributed by atoms with Crippen molar-refractivity contribution in [3.05, 3.63) is 58.6 Å². The molecule has 146 valence electrons. The Hall–Kier alpha value is -2.98. The Morgan fingerprint density at radius 2 is 2.04 bits per heavy atom. The average Bonchev–Trinajstić information content (AvgIpc) is 3.12. The molecule has 0 amide bonds. The van der Waals surface area contributed by atoms with Gasteiger partial charge in [0.1, 0.15) is 5.82 Å². The number of anilines is 1. The van der Waals surface area contributed by atoms with E-state index in [1.54, 1.807) is 0 Å². The van der Waals surface area contributed by atoms with E-state index >= 15 is 0 Å². The van der Waals surface area contributed by atoms with Crippen LogP contribution in [0.15, 0.2) is 45.8 Å². The van der Waals surface area contributed by atoms with Crippen LogP contribution in [0.25, 0.3) is 11.5 Å². The quantitative estimate of drug-likeness (QED) is 0.618. The number of halogens is 2. The Labute approximate surface area is 164 Å². The third kappa shape index (κ3) is 3.97. The summed E-state index contributed by atoms with van der Waals surface area (Å²) in [6, 6.07) is 6.76. The molecular formula is C17H13ClFN3O5S. The Kier molecular flexibility index (Phi) is 5.34. The first kappa shape index (κ1) is 19.8. The van der Waals surface area contributed by atoms with E-state index in [0.717, 1.165) is 18.2 Å². The summed E-state index contributed by atoms with van der Waals surface area (Å²) in [6.07, 6.45) is 0.513. The largest absolute Gasteiger partial charge is 0.478 e. The standard InChI is InChI=1S/C17H13ClFN3O5S/c1-2-15-20-16(27-21-15)12-7-9(18)3-6-14(12)22-28(25,26)10-4-5-13(19)11(8-10)17(23)24/h3-8,22H,2H2,1H3,(H,23,24). The number of aryl methyl sites for hydroxylation is 1. The molecule has 0 saturated carbocycles. The van der Waals surface area contributed by atoms with Crippen molar-refractivity contribution in [3.8, 4) is 11.5 Å². The summed E-state index contributed by atoms with van der Waals surface area (Å²) in [5, 5.41) is 13.1. The van der Waals surface area contributed by atoms with Crippen LogP contribution in [0.1, 0.15) is 23.1 Å². The first-order valence-electron chi connectivity index (χ1n) is 7.89. The number of carboxylic acids is 1. The molecule has 0 unspecified atom stereocenters. The number of aromatic nitrogens is 2. The minimum Gasteiger partial charge on any atom is -0.478 e. The van der Waals surface area contributed by atoms with Crippen molar-refractivity contribution in [3.63, 3.8) is 0 Å². The van der Waals surface area contributed by atoms with Crippen LogP contribution in [0.4, 0.5) is 10.1 Å². The highest BCUT2D eigenvalue weighted by molar-refractivity contribution is 7.92. The highest BCUT2D eigenvalue weighted by Gasteiger charge is 2.22. The Morgan fingerprint density at radius 3 is 2.68 bits per heavy atom. The lowest BCUT2D eigenvalue weighted by Crippen LogP contribution is -2.15. The van der Waals surface area contributed by atoms with Gasteiger partial charge in [0.2, 0.25) is 0 Å². The van der Waals surface area contributed by atoms with Gasteiger partial charge in [-0.2, -0.15) is 4.98 Å². The Morgan fingerprint density at radius 1 is 1.29 bits per heavy atom. The van der Waals surface area contributed by atoms with Gasteiger partial charge in [-0.15, -0.1) is 0 Å². The highest BCUT2D eigenvalue weighted by Crippen LogP contribution is 2.31. The predicted octanol–water partition coefficient (Wildman–Crippen LogP) is 3.59. The van der Waals surface area contributed by atoms with Crippen molar-refractivity contribution in [1.29, 1.82) is 0 Å². The molecule has 0 aliphatic rings. The highest BCUT2D eigenvalue weighted by atomic mass is 35.5. The lowest BCUT2D eigenvalue weighted by molar-refractivity contribution is 0.0691. The van der Waals surface area contributed by atoms with Gasteiger partial charge >= 0.3 is 5.97 Å². The van der Waals surface area contributed by atoms with Gasteiger partial charge in [-0.25, -0.2) is 17.6 Å². The molecular weight excluding hydrogens is 413 g/mol. The van der Waals surface area contributed by atoms with E-state index in [2.05, 4.69) is 14.9 Å². The van der Waals surface area contributed by atoms with Crippen LogP contribution < -0.4 is 4.72 Å². The van der Waals surface area contributed by atoms with E-state index in [1.807, 2.05) is 6.92 Å². The van der Waals surface area contributed by atoms with Gasteiger partial charge in [-0.05, 0) is 36.4 Å². The summed E-state index contributed by atoms with van der Waals surface area (Å²) in [6.45, 7) is 1.82. The third-order valence-corrected chi connectivity index (χ3v) is 5.32. The van der Waals surface area contributed by atoms with E-state index in [9.17, 15) is 17.6 Å². The fourth-order valence-corrected chi connectivity index (χ4v) is 3.61. The maximum absolute atomic E-state index is 13.6. The van der Waals surface area contributed by atoms with Crippen LogP contribution >= 0.6 is 11.6 Å². The molecule has 3 rings (SSSR count). The molecule has 0 fully saturated rings. The van der Waals surface area contributed by atoms with Crippen LogP contribution in [0.5, 0.6) is 0 Å². The van der Waals surface area contributed by atoms with Crippen molar-refractivity contribution >= 4 is 33.3 Å². The molecule has 0 aliphatic carbocycles. The predicted molar refractivity (Wildman–Crippen MR) is 98.3 cm³/mol. The normalized spacial score (nSPS) is 11.4. The molecule has 11 heteroatoms. The molecule has 0 atom stereocenters. The third-order valence-electron chi connectivity index (χ3n) is 3.72. The van der Waals surface area contributed by atoms with Gasteiger partial charge in [0.05, 0.1) is 21.7 Å². The molecule has 1 aromatic heterocycles. The topological polar surface area (TPSA) is 122 Å². The van der Waals surface area contributed by atoms with Crippen molar-refractivity contribution in [2.24, 2.45) is 0 Å². The molecule has 0 bridgehead atoms. The lowest BCUT2D eigenvalue weighted by atomic mass is 10.2. The minimum atomic E-state index is -4.24. The second-order valence-electron chi connectivity index (χ2n) is 5.61. The van der Waals surface area contributed by atoms with Gasteiger partial charge in [0.25, 0.3) is 15.9 Å². The van der Waals surface area contributed by atoms with Crippen molar-refractivity contribution in [1.82, 2.24) is 10.1 Å². The van der Waals surface area contributed by atoms with E-state index in [0.29, 0.717) is 17.3 Å². The number of hydrogen-bond acceptors (Lipinski definition) is 6. The smallest absolute Gasteiger partial charge is 0.338 e. The fraction of sp³-hybridized carbons (Fsp3) is 0.118. The van der Waals surface area contributed by atoms with Crippen LogP contribution in [0.2, 0.25) is 5.02 Å². The summed E-state index contributed by atoms with van der Waals surface area (Å²) >= 11 is 5.99. The summed E-state index contributed by atoms with van der Waals surface area (Å²) in [4.78, 5) is 14.8. The zero-order valence-electron chi connectivity index (χ0n) is 14.3. The number of nitrogens with one attached hydrogen (secondary N) is 1. The van der Waals surface area contributed by atoms with Crippen LogP contribution in [-0.2, 0) is 16.4 Å².